The summed E-state index contributed by atoms with van der Waals surface area (Å²) >= 11 is 0. The van der Waals surface area contributed by atoms with Crippen molar-refractivity contribution in [2.24, 2.45) is 11.8 Å². The standard InChI is InChI=1S/C21H26O3/c1-24-21(23)17-12-10-15(11-13-17)14-18-8-5-9-19(20(18)22)16-6-3-2-4-7-16/h10-14,16,19H,2-9H2,1H3/b18-14+. The molecule has 0 aliphatic heterocycles. The van der Waals surface area contributed by atoms with Crippen LogP contribution < -0.4 is 0 Å². The minimum Gasteiger partial charge on any atom is -0.465 e. The van der Waals surface area contributed by atoms with Crippen LogP contribution in [0.5, 0.6) is 0 Å². The number of allylic oxidation sites excluding steroid dienone is 1. The minimum absolute atomic E-state index is 0.236. The number of carbonyl (C=O) groups excluding carboxylic acids is 2. The molecule has 2 aliphatic carbocycles. The van der Waals surface area contributed by atoms with E-state index in [1.807, 2.05) is 18.2 Å². The molecule has 0 heterocycles. The maximum absolute atomic E-state index is 12.9. The first-order valence-corrected chi connectivity index (χ1v) is 9.12. The van der Waals surface area contributed by atoms with E-state index in [2.05, 4.69) is 0 Å². The molecule has 2 aliphatic rings. The van der Waals surface area contributed by atoms with Crippen LogP contribution in [0.2, 0.25) is 0 Å². The number of ether oxygens (including phenoxy) is 1. The van der Waals surface area contributed by atoms with Gasteiger partial charge in [0.1, 0.15) is 0 Å². The predicted octanol–water partition coefficient (Wildman–Crippen LogP) is 4.81. The molecule has 1 unspecified atom stereocenters. The molecule has 128 valence electrons. The fraction of sp³-hybridized carbons (Fsp3) is 0.524. The molecule has 1 aromatic rings. The average molecular weight is 326 g/mol. The summed E-state index contributed by atoms with van der Waals surface area (Å²) < 4.78 is 4.72. The predicted molar refractivity (Wildman–Crippen MR) is 94.7 cm³/mol. The Kier molecular flexibility index (Phi) is 5.49. The lowest BCUT2D eigenvalue weighted by atomic mass is 9.71. The molecule has 1 aromatic carbocycles. The van der Waals surface area contributed by atoms with Crippen LogP contribution in [0.3, 0.4) is 0 Å². The van der Waals surface area contributed by atoms with Crippen LogP contribution in [0.4, 0.5) is 0 Å². The number of Topliss-reactive ketones (excluding diaryl/α,β-unsaturated/α-hetero) is 1. The zero-order chi connectivity index (χ0) is 16.9. The van der Waals surface area contributed by atoms with Gasteiger partial charge in [-0.1, -0.05) is 31.4 Å². The molecule has 0 spiro atoms. The van der Waals surface area contributed by atoms with Gasteiger partial charge in [-0.15, -0.1) is 0 Å². The summed E-state index contributed by atoms with van der Waals surface area (Å²) in [7, 11) is 1.38. The molecule has 0 amide bonds. The number of hydrogen-bond acceptors (Lipinski definition) is 3. The third-order valence-corrected chi connectivity index (χ3v) is 5.51. The molecule has 1 atom stereocenters. The van der Waals surface area contributed by atoms with Gasteiger partial charge in [0.2, 0.25) is 0 Å². The highest BCUT2D eigenvalue weighted by atomic mass is 16.5. The highest BCUT2D eigenvalue weighted by molar-refractivity contribution is 6.02. The normalized spacial score (nSPS) is 24.1. The van der Waals surface area contributed by atoms with Gasteiger partial charge in [0.25, 0.3) is 0 Å². The molecule has 3 heteroatoms. The van der Waals surface area contributed by atoms with E-state index in [-0.39, 0.29) is 11.9 Å². The van der Waals surface area contributed by atoms with Crippen molar-refractivity contribution in [3.8, 4) is 0 Å². The Bertz CT molecular complexity index is 621. The Hall–Kier alpha value is -1.90. The summed E-state index contributed by atoms with van der Waals surface area (Å²) in [5, 5.41) is 0. The summed E-state index contributed by atoms with van der Waals surface area (Å²) in [5.41, 5.74) is 2.48. The largest absolute Gasteiger partial charge is 0.465 e. The molecule has 0 N–H and O–H groups in total. The van der Waals surface area contributed by atoms with E-state index in [1.54, 1.807) is 12.1 Å². The molecule has 0 bridgehead atoms. The fourth-order valence-electron chi connectivity index (χ4n) is 4.17. The summed E-state index contributed by atoms with van der Waals surface area (Å²) in [5.74, 6) is 0.863. The van der Waals surface area contributed by atoms with Gasteiger partial charge in [-0.3, -0.25) is 4.79 Å². The van der Waals surface area contributed by atoms with E-state index in [0.29, 0.717) is 17.3 Å². The molecule has 3 nitrogen and oxygen atoms in total. The van der Waals surface area contributed by atoms with E-state index >= 15 is 0 Å². The zero-order valence-corrected chi connectivity index (χ0v) is 14.4. The topological polar surface area (TPSA) is 43.4 Å². The molecule has 0 radical (unpaired) electrons. The Morgan fingerprint density at radius 2 is 1.75 bits per heavy atom. The number of rotatable bonds is 3. The quantitative estimate of drug-likeness (QED) is 0.591. The average Bonchev–Trinajstić information content (AvgIpc) is 2.64. The molecular formula is C21H26O3. The minimum atomic E-state index is -0.333. The van der Waals surface area contributed by atoms with Crippen LogP contribution in [0.25, 0.3) is 6.08 Å². The van der Waals surface area contributed by atoms with Crippen LogP contribution >= 0.6 is 0 Å². The second-order valence-corrected chi connectivity index (χ2v) is 7.04. The van der Waals surface area contributed by atoms with E-state index in [0.717, 1.165) is 30.4 Å². The number of hydrogen-bond donors (Lipinski definition) is 0. The van der Waals surface area contributed by atoms with Crippen LogP contribution in [0, 0.1) is 11.8 Å². The monoisotopic (exact) mass is 326 g/mol. The van der Waals surface area contributed by atoms with E-state index in [9.17, 15) is 9.59 Å². The number of benzene rings is 1. The van der Waals surface area contributed by atoms with Crippen molar-refractivity contribution >= 4 is 17.8 Å². The summed E-state index contributed by atoms with van der Waals surface area (Å²) in [6.07, 6.45) is 11.4. The van der Waals surface area contributed by atoms with Crippen molar-refractivity contribution < 1.29 is 14.3 Å². The van der Waals surface area contributed by atoms with Gasteiger partial charge >= 0.3 is 5.97 Å². The van der Waals surface area contributed by atoms with Crippen LogP contribution in [-0.2, 0) is 9.53 Å². The van der Waals surface area contributed by atoms with Crippen molar-refractivity contribution in [2.45, 2.75) is 51.4 Å². The maximum Gasteiger partial charge on any atom is 0.337 e. The van der Waals surface area contributed by atoms with Crippen molar-refractivity contribution in [2.75, 3.05) is 7.11 Å². The van der Waals surface area contributed by atoms with Gasteiger partial charge in [0, 0.05) is 5.92 Å². The fourth-order valence-corrected chi connectivity index (χ4v) is 4.17. The highest BCUT2D eigenvalue weighted by Crippen LogP contribution is 2.38. The van der Waals surface area contributed by atoms with E-state index < -0.39 is 0 Å². The van der Waals surface area contributed by atoms with E-state index in [1.165, 1.54) is 39.2 Å². The molecular weight excluding hydrogens is 300 g/mol. The summed E-state index contributed by atoms with van der Waals surface area (Å²) in [6.45, 7) is 0. The van der Waals surface area contributed by atoms with E-state index in [4.69, 9.17) is 4.74 Å². The Balaban J connectivity index is 1.74. The Morgan fingerprint density at radius 3 is 2.42 bits per heavy atom. The Labute approximate surface area is 144 Å². The lowest BCUT2D eigenvalue weighted by molar-refractivity contribution is -0.122. The second kappa shape index (κ2) is 7.78. The lowest BCUT2D eigenvalue weighted by Crippen LogP contribution is -2.30. The third-order valence-electron chi connectivity index (χ3n) is 5.51. The van der Waals surface area contributed by atoms with Crippen LogP contribution in [-0.4, -0.2) is 18.9 Å². The van der Waals surface area contributed by atoms with Gasteiger partial charge < -0.3 is 4.74 Å². The number of esters is 1. The first-order chi connectivity index (χ1) is 11.7. The van der Waals surface area contributed by atoms with Gasteiger partial charge in [-0.05, 0) is 67.4 Å². The highest BCUT2D eigenvalue weighted by Gasteiger charge is 2.33. The lowest BCUT2D eigenvalue weighted by Gasteiger charge is -2.32. The van der Waals surface area contributed by atoms with Gasteiger partial charge in [0.15, 0.2) is 5.78 Å². The van der Waals surface area contributed by atoms with Crippen molar-refractivity contribution in [1.29, 1.82) is 0 Å². The first-order valence-electron chi connectivity index (χ1n) is 9.12. The summed E-state index contributed by atoms with van der Waals surface area (Å²) in [4.78, 5) is 24.4. The molecule has 0 saturated heterocycles. The first kappa shape index (κ1) is 16.9. The van der Waals surface area contributed by atoms with Gasteiger partial charge in [-0.25, -0.2) is 4.79 Å². The van der Waals surface area contributed by atoms with Crippen molar-refractivity contribution in [1.82, 2.24) is 0 Å². The summed E-state index contributed by atoms with van der Waals surface area (Å²) in [6, 6.07) is 7.28. The molecule has 2 fully saturated rings. The number of methoxy groups -OCH3 is 1. The van der Waals surface area contributed by atoms with Crippen molar-refractivity contribution in [3.05, 3.63) is 41.0 Å². The molecule has 0 aromatic heterocycles. The van der Waals surface area contributed by atoms with Gasteiger partial charge in [-0.2, -0.15) is 0 Å². The maximum atomic E-state index is 12.9. The third kappa shape index (κ3) is 3.77. The number of carbonyl (C=O) groups is 2. The van der Waals surface area contributed by atoms with Crippen molar-refractivity contribution in [3.63, 3.8) is 0 Å². The Morgan fingerprint density at radius 1 is 1.04 bits per heavy atom. The van der Waals surface area contributed by atoms with Gasteiger partial charge in [0.05, 0.1) is 12.7 Å². The molecule has 24 heavy (non-hydrogen) atoms. The van der Waals surface area contributed by atoms with Crippen LogP contribution in [0.15, 0.2) is 29.8 Å². The SMILES string of the molecule is COC(=O)c1ccc(/C=C2\CCCC(C3CCCCC3)C2=O)cc1. The molecule has 3 rings (SSSR count). The second-order valence-electron chi connectivity index (χ2n) is 7.04. The number of ketones is 1. The zero-order valence-electron chi connectivity index (χ0n) is 14.4. The smallest absolute Gasteiger partial charge is 0.337 e. The molecule has 2 saturated carbocycles. The van der Waals surface area contributed by atoms with Crippen LogP contribution in [0.1, 0.15) is 67.3 Å².